The maximum atomic E-state index is 14.0. The molecule has 0 spiro atoms. The number of ketones is 1. The van der Waals surface area contributed by atoms with Crippen LogP contribution in [-0.2, 0) is 4.79 Å². The van der Waals surface area contributed by atoms with Crippen LogP contribution >= 0.6 is 0 Å². The van der Waals surface area contributed by atoms with Crippen LogP contribution in [0, 0.1) is 56.7 Å². The summed E-state index contributed by atoms with van der Waals surface area (Å²) in [5.74, 6) is 2.06. The van der Waals surface area contributed by atoms with E-state index in [1.807, 2.05) is 13.8 Å². The fourth-order valence-corrected chi connectivity index (χ4v) is 12.1. The summed E-state index contributed by atoms with van der Waals surface area (Å²) >= 11 is 0. The molecular weight excluding hydrogens is 408 g/mol. The summed E-state index contributed by atoms with van der Waals surface area (Å²) in [6, 6.07) is 0. The SMILES string of the molecule is CC(C)(O)C1CCC2(C)C1C(O)CC1(C)C2CCC2C3(C)CCCC(C)(C)C3C(=O)CC21C. The molecule has 0 aromatic heterocycles. The molecule has 3 heteroatoms. The number of aliphatic hydroxyl groups excluding tert-OH is 1. The Hall–Kier alpha value is -0.410. The highest BCUT2D eigenvalue weighted by atomic mass is 16.3. The Morgan fingerprint density at radius 1 is 0.848 bits per heavy atom. The van der Waals surface area contributed by atoms with Gasteiger partial charge < -0.3 is 10.2 Å². The monoisotopic (exact) mass is 458 g/mol. The third kappa shape index (κ3) is 2.90. The highest BCUT2D eigenvalue weighted by Gasteiger charge is 2.73. The highest BCUT2D eigenvalue weighted by Crippen LogP contribution is 2.77. The summed E-state index contributed by atoms with van der Waals surface area (Å²) < 4.78 is 0. The molecule has 0 aliphatic heterocycles. The number of Topliss-reactive ketones (excluding diaryl/α,β-unsaturated/α-hetero) is 1. The Labute approximate surface area is 202 Å². The van der Waals surface area contributed by atoms with Crippen LogP contribution in [0.2, 0.25) is 0 Å². The third-order valence-corrected chi connectivity index (χ3v) is 13.2. The van der Waals surface area contributed by atoms with Crippen LogP contribution in [0.1, 0.15) is 113 Å². The maximum Gasteiger partial charge on any atom is 0.137 e. The van der Waals surface area contributed by atoms with Crippen molar-refractivity contribution in [1.82, 2.24) is 0 Å². The molecular formula is C30H50O3. The van der Waals surface area contributed by atoms with Crippen molar-refractivity contribution in [3.63, 3.8) is 0 Å². The number of carbonyl (C=O) groups excluding carboxylic acids is 1. The standard InChI is InChI=1S/C30H50O3/c1-25(2)13-9-14-28(6)22-11-10-21-27(5)15-12-18(26(3,4)33)23(27)19(31)16-29(21,7)30(22,8)17-20(32)24(25)28/h18-19,21-24,31,33H,9-17H2,1-8H3. The van der Waals surface area contributed by atoms with Gasteiger partial charge in [-0.1, -0.05) is 48.0 Å². The van der Waals surface area contributed by atoms with Gasteiger partial charge in [0.15, 0.2) is 0 Å². The summed E-state index contributed by atoms with van der Waals surface area (Å²) in [6.07, 6.45) is 9.18. The zero-order chi connectivity index (χ0) is 24.4. The molecule has 0 aromatic rings. The Balaban J connectivity index is 1.58. The smallest absolute Gasteiger partial charge is 0.137 e. The van der Waals surface area contributed by atoms with Gasteiger partial charge in [0.05, 0.1) is 11.7 Å². The molecule has 0 saturated heterocycles. The molecule has 188 valence electrons. The van der Waals surface area contributed by atoms with Crippen molar-refractivity contribution < 1.29 is 15.0 Å². The minimum atomic E-state index is -0.757. The first-order valence-corrected chi connectivity index (χ1v) is 14.0. The Morgan fingerprint density at radius 3 is 2.06 bits per heavy atom. The zero-order valence-electron chi connectivity index (χ0n) is 22.6. The predicted molar refractivity (Wildman–Crippen MR) is 133 cm³/mol. The quantitative estimate of drug-likeness (QED) is 0.478. The van der Waals surface area contributed by atoms with Crippen molar-refractivity contribution in [3.8, 4) is 0 Å². The summed E-state index contributed by atoms with van der Waals surface area (Å²) in [7, 11) is 0. The predicted octanol–water partition coefficient (Wildman–Crippen LogP) is 6.40. The Kier molecular flexibility index (Phi) is 5.06. The Bertz CT molecular complexity index is 840. The van der Waals surface area contributed by atoms with E-state index in [0.29, 0.717) is 24.0 Å². The lowest BCUT2D eigenvalue weighted by molar-refractivity contribution is -0.253. The van der Waals surface area contributed by atoms with Gasteiger partial charge in [0.2, 0.25) is 0 Å². The van der Waals surface area contributed by atoms with E-state index in [9.17, 15) is 15.0 Å². The number of carbonyl (C=O) groups is 1. The van der Waals surface area contributed by atoms with E-state index in [4.69, 9.17) is 0 Å². The number of hydrogen-bond acceptors (Lipinski definition) is 3. The third-order valence-electron chi connectivity index (χ3n) is 13.2. The topological polar surface area (TPSA) is 57.5 Å². The van der Waals surface area contributed by atoms with Crippen molar-refractivity contribution >= 4 is 5.78 Å². The van der Waals surface area contributed by atoms with Gasteiger partial charge in [0, 0.05) is 12.3 Å². The molecule has 5 rings (SSSR count). The van der Waals surface area contributed by atoms with Gasteiger partial charge in [-0.15, -0.1) is 0 Å². The number of hydrogen-bond donors (Lipinski definition) is 2. The fraction of sp³-hybridized carbons (Fsp3) is 0.967. The minimum Gasteiger partial charge on any atom is -0.393 e. The Morgan fingerprint density at radius 2 is 1.45 bits per heavy atom. The van der Waals surface area contributed by atoms with E-state index in [-0.39, 0.29) is 44.8 Å². The van der Waals surface area contributed by atoms with E-state index in [0.717, 1.165) is 19.3 Å². The van der Waals surface area contributed by atoms with Gasteiger partial charge in [-0.25, -0.2) is 0 Å². The number of aliphatic hydroxyl groups is 2. The average Bonchev–Trinajstić information content (AvgIpc) is 3.00. The van der Waals surface area contributed by atoms with Crippen LogP contribution in [0.25, 0.3) is 0 Å². The highest BCUT2D eigenvalue weighted by molar-refractivity contribution is 5.85. The maximum absolute atomic E-state index is 14.0. The first-order valence-electron chi connectivity index (χ1n) is 14.0. The van der Waals surface area contributed by atoms with Gasteiger partial charge in [0.25, 0.3) is 0 Å². The molecule has 5 aliphatic rings. The van der Waals surface area contributed by atoms with E-state index in [2.05, 4.69) is 41.5 Å². The van der Waals surface area contributed by atoms with Crippen molar-refractivity contribution in [3.05, 3.63) is 0 Å². The molecule has 3 nitrogen and oxygen atoms in total. The van der Waals surface area contributed by atoms with Crippen molar-refractivity contribution in [2.75, 3.05) is 0 Å². The van der Waals surface area contributed by atoms with E-state index in [1.165, 1.54) is 32.1 Å². The average molecular weight is 459 g/mol. The minimum absolute atomic E-state index is 0.0394. The van der Waals surface area contributed by atoms with Crippen LogP contribution in [0.5, 0.6) is 0 Å². The van der Waals surface area contributed by atoms with Gasteiger partial charge in [-0.05, 0) is 110 Å². The van der Waals surface area contributed by atoms with Gasteiger partial charge in [0.1, 0.15) is 5.78 Å². The summed E-state index contributed by atoms with van der Waals surface area (Å²) in [4.78, 5) is 14.0. The first kappa shape index (κ1) is 24.3. The molecule has 2 N–H and O–H groups in total. The summed E-state index contributed by atoms with van der Waals surface area (Å²) in [6.45, 7) is 18.4. The van der Waals surface area contributed by atoms with Crippen molar-refractivity contribution in [1.29, 1.82) is 0 Å². The molecule has 0 heterocycles. The van der Waals surface area contributed by atoms with Gasteiger partial charge >= 0.3 is 0 Å². The van der Waals surface area contributed by atoms with Crippen LogP contribution in [-0.4, -0.2) is 27.7 Å². The second kappa shape index (κ2) is 6.87. The van der Waals surface area contributed by atoms with Gasteiger partial charge in [-0.3, -0.25) is 4.79 Å². The van der Waals surface area contributed by atoms with E-state index < -0.39 is 11.7 Å². The summed E-state index contributed by atoms with van der Waals surface area (Å²) in [5, 5.41) is 22.7. The van der Waals surface area contributed by atoms with E-state index >= 15 is 0 Å². The molecule has 0 aromatic carbocycles. The number of fused-ring (bicyclic) bond motifs is 7. The molecule has 10 unspecified atom stereocenters. The van der Waals surface area contributed by atoms with E-state index in [1.54, 1.807) is 0 Å². The molecule has 0 radical (unpaired) electrons. The lowest BCUT2D eigenvalue weighted by Gasteiger charge is -2.73. The molecule has 33 heavy (non-hydrogen) atoms. The molecule has 5 saturated carbocycles. The molecule has 10 atom stereocenters. The van der Waals surface area contributed by atoms with Crippen molar-refractivity contribution in [2.45, 2.75) is 125 Å². The van der Waals surface area contributed by atoms with Crippen LogP contribution in [0.3, 0.4) is 0 Å². The summed E-state index contributed by atoms with van der Waals surface area (Å²) in [5.41, 5.74) is -0.648. The molecule has 0 bridgehead atoms. The first-order chi connectivity index (χ1) is 15.0. The lowest BCUT2D eigenvalue weighted by Crippen LogP contribution is -2.69. The van der Waals surface area contributed by atoms with Crippen LogP contribution in [0.15, 0.2) is 0 Å². The van der Waals surface area contributed by atoms with Crippen LogP contribution in [0.4, 0.5) is 0 Å². The molecule has 0 amide bonds. The number of rotatable bonds is 1. The van der Waals surface area contributed by atoms with Crippen LogP contribution < -0.4 is 0 Å². The lowest BCUT2D eigenvalue weighted by atomic mass is 9.31. The molecule has 5 aliphatic carbocycles. The zero-order valence-corrected chi connectivity index (χ0v) is 22.6. The normalized spacial score (nSPS) is 55.9. The second-order valence-electron chi connectivity index (χ2n) is 15.5. The van der Waals surface area contributed by atoms with Crippen molar-refractivity contribution in [2.24, 2.45) is 56.7 Å². The molecule has 5 fully saturated rings. The fourth-order valence-electron chi connectivity index (χ4n) is 12.1. The largest absolute Gasteiger partial charge is 0.393 e. The van der Waals surface area contributed by atoms with Gasteiger partial charge in [-0.2, -0.15) is 0 Å². The second-order valence-corrected chi connectivity index (χ2v) is 15.5.